The van der Waals surface area contributed by atoms with Gasteiger partial charge in [-0.25, -0.2) is 9.37 Å². The summed E-state index contributed by atoms with van der Waals surface area (Å²) in [6.45, 7) is 13.2. The maximum absolute atomic E-state index is 13.0. The summed E-state index contributed by atoms with van der Waals surface area (Å²) in [6, 6.07) is 6.69. The van der Waals surface area contributed by atoms with E-state index in [0.717, 1.165) is 4.57 Å². The van der Waals surface area contributed by atoms with Gasteiger partial charge in [-0.2, -0.15) is 0 Å². The maximum atomic E-state index is 13.0. The van der Waals surface area contributed by atoms with Gasteiger partial charge in [-0.1, -0.05) is 39.8 Å². The molecule has 2 heterocycles. The minimum absolute atomic E-state index is 0.00294. The van der Waals surface area contributed by atoms with E-state index < -0.39 is 40.2 Å². The third-order valence-corrected chi connectivity index (χ3v) is 5.22. The molecule has 13 heteroatoms. The lowest BCUT2D eigenvalue weighted by molar-refractivity contribution is 0.0869. The Bertz CT molecular complexity index is 1340. The van der Waals surface area contributed by atoms with Gasteiger partial charge in [0.15, 0.2) is 5.69 Å². The van der Waals surface area contributed by atoms with E-state index in [0.29, 0.717) is 17.6 Å². The van der Waals surface area contributed by atoms with Gasteiger partial charge >= 0.3 is 11.8 Å². The smallest absolute Gasteiger partial charge is 0.309 e. The Morgan fingerprint density at radius 2 is 1.67 bits per heavy atom. The summed E-state index contributed by atoms with van der Waals surface area (Å²) in [5, 5.41) is 25.9. The number of amides is 2. The van der Waals surface area contributed by atoms with Crippen LogP contribution in [-0.2, 0) is 19.1 Å². The molecule has 39 heavy (non-hydrogen) atoms. The van der Waals surface area contributed by atoms with Crippen LogP contribution in [0.5, 0.6) is 5.75 Å². The number of nitrogens with one attached hydrogen (secondary N) is 3. The normalized spacial score (nSPS) is 11.3. The molecule has 0 fully saturated rings. The molecule has 0 aliphatic heterocycles. The molecular formula is C26H36FN7O5. The van der Waals surface area contributed by atoms with Crippen molar-refractivity contribution in [2.75, 3.05) is 0 Å². The Labute approximate surface area is 226 Å². The molecule has 3 aromatic rings. The molecule has 2 amide bonds. The second-order valence-electron chi connectivity index (χ2n) is 9.99. The number of hydrogen-bond donors (Lipinski definition) is 4. The highest BCUT2D eigenvalue weighted by molar-refractivity contribution is 5.94. The zero-order chi connectivity index (χ0) is 29.5. The number of hydrogen-bond acceptors (Lipinski definition) is 9. The minimum Gasteiger partial charge on any atom is -0.501 e. The van der Waals surface area contributed by atoms with Crippen LogP contribution in [0.2, 0.25) is 0 Å². The zero-order valence-electron chi connectivity index (χ0n) is 23.4. The van der Waals surface area contributed by atoms with E-state index in [-0.39, 0.29) is 24.2 Å². The number of aromatic hydroxyl groups is 1. The van der Waals surface area contributed by atoms with E-state index in [1.54, 1.807) is 13.8 Å². The van der Waals surface area contributed by atoms with Gasteiger partial charge in [0.25, 0.3) is 11.5 Å². The fourth-order valence-corrected chi connectivity index (χ4v) is 3.62. The van der Waals surface area contributed by atoms with E-state index in [4.69, 9.17) is 4.42 Å². The van der Waals surface area contributed by atoms with Gasteiger partial charge in [-0.15, -0.1) is 10.2 Å². The van der Waals surface area contributed by atoms with Crippen LogP contribution in [0.15, 0.2) is 33.5 Å². The predicted molar refractivity (Wildman–Crippen MR) is 142 cm³/mol. The fraction of sp³-hybridized carbons (Fsp3) is 0.462. The quantitative estimate of drug-likeness (QED) is 0.332. The Morgan fingerprint density at radius 1 is 1.08 bits per heavy atom. The maximum Gasteiger partial charge on any atom is 0.309 e. The van der Waals surface area contributed by atoms with Crippen molar-refractivity contribution in [3.63, 3.8) is 0 Å². The number of carbonyl (C=O) groups is 2. The first-order valence-electron chi connectivity index (χ1n) is 12.3. The van der Waals surface area contributed by atoms with Crippen LogP contribution in [0.3, 0.4) is 0 Å². The van der Waals surface area contributed by atoms with E-state index in [1.165, 1.54) is 38.2 Å². The highest BCUT2D eigenvalue weighted by Crippen LogP contribution is 2.20. The third-order valence-electron chi connectivity index (χ3n) is 5.22. The molecule has 0 radical (unpaired) electrons. The van der Waals surface area contributed by atoms with E-state index in [2.05, 4.69) is 58.8 Å². The zero-order valence-corrected chi connectivity index (χ0v) is 23.4. The number of rotatable bonds is 8. The molecule has 4 N–H and O–H groups in total. The van der Waals surface area contributed by atoms with Crippen molar-refractivity contribution in [3.05, 3.63) is 69.3 Å². The van der Waals surface area contributed by atoms with Gasteiger partial charge in [0.05, 0.1) is 5.54 Å². The van der Waals surface area contributed by atoms with Gasteiger partial charge in [0.1, 0.15) is 11.6 Å². The Balaban J connectivity index is 0.000000673. The van der Waals surface area contributed by atoms with Crippen LogP contribution in [0, 0.1) is 12.7 Å². The second-order valence-corrected chi connectivity index (χ2v) is 9.99. The van der Waals surface area contributed by atoms with Crippen LogP contribution < -0.4 is 21.5 Å². The largest absolute Gasteiger partial charge is 0.501 e. The van der Waals surface area contributed by atoms with Crippen LogP contribution >= 0.6 is 0 Å². The van der Waals surface area contributed by atoms with Crippen molar-refractivity contribution in [2.45, 2.75) is 72.6 Å². The van der Waals surface area contributed by atoms with Gasteiger partial charge < -0.3 is 25.5 Å². The van der Waals surface area contributed by atoms with Crippen LogP contribution in [0.25, 0.3) is 0 Å². The first-order valence-corrected chi connectivity index (χ1v) is 12.3. The molecule has 2 aromatic heterocycles. The first kappa shape index (κ1) is 31.1. The van der Waals surface area contributed by atoms with Crippen LogP contribution in [0.4, 0.5) is 4.39 Å². The first-order chi connectivity index (χ1) is 18.1. The summed E-state index contributed by atoms with van der Waals surface area (Å²) in [5.74, 6) is -2.88. The molecule has 0 spiro atoms. The summed E-state index contributed by atoms with van der Waals surface area (Å²) >= 11 is 0. The number of aryl methyl sites for hydroxylation is 1. The van der Waals surface area contributed by atoms with Crippen LogP contribution in [-0.4, -0.2) is 48.8 Å². The summed E-state index contributed by atoms with van der Waals surface area (Å²) in [4.78, 5) is 41.7. The van der Waals surface area contributed by atoms with Crippen molar-refractivity contribution in [1.82, 2.24) is 35.7 Å². The van der Waals surface area contributed by atoms with E-state index >= 15 is 0 Å². The molecule has 0 unspecified atom stereocenters. The van der Waals surface area contributed by atoms with Crippen molar-refractivity contribution < 1.29 is 23.5 Å². The van der Waals surface area contributed by atoms with Crippen molar-refractivity contribution in [3.8, 4) is 5.75 Å². The molecule has 12 nitrogen and oxygen atoms in total. The number of nitrogens with zero attached hydrogens (tertiary/aromatic N) is 4. The monoisotopic (exact) mass is 545 g/mol. The van der Waals surface area contributed by atoms with Gasteiger partial charge in [0.2, 0.25) is 11.6 Å². The summed E-state index contributed by atoms with van der Waals surface area (Å²) in [6.07, 6.45) is 0. The summed E-state index contributed by atoms with van der Waals surface area (Å²) in [5.41, 5.74) is -2.06. The van der Waals surface area contributed by atoms with E-state index in [9.17, 15) is 23.9 Å². The lowest BCUT2D eigenvalue weighted by atomic mass is 10.0. The van der Waals surface area contributed by atoms with Gasteiger partial charge in [0, 0.05) is 32.6 Å². The number of benzene rings is 1. The Kier molecular flexibility index (Phi) is 10.4. The SMILES string of the molecule is CC(C)NC(C)C.Cc1nnc(C(=O)NC(C)(C)c2nc(C(=O)NCc3ccc(F)cc3)c(O)c(=O)n2C)o1. The summed E-state index contributed by atoms with van der Waals surface area (Å²) in [7, 11) is 1.34. The molecule has 0 aliphatic rings. The summed E-state index contributed by atoms with van der Waals surface area (Å²) < 4.78 is 19.1. The minimum atomic E-state index is -1.27. The fourth-order valence-electron chi connectivity index (χ4n) is 3.62. The molecular weight excluding hydrogens is 509 g/mol. The average Bonchev–Trinajstić information content (AvgIpc) is 3.28. The topological polar surface area (TPSA) is 164 Å². The Morgan fingerprint density at radius 3 is 2.15 bits per heavy atom. The highest BCUT2D eigenvalue weighted by atomic mass is 19.1. The van der Waals surface area contributed by atoms with Crippen molar-refractivity contribution in [1.29, 1.82) is 0 Å². The van der Waals surface area contributed by atoms with Gasteiger partial charge in [-0.05, 0) is 31.5 Å². The lowest BCUT2D eigenvalue weighted by Gasteiger charge is -2.27. The standard InChI is InChI=1S/C20H21FN6O5.C6H15N/c1-10-25-26-17(32-10)16(30)24-20(2,3)19-23-13(14(28)18(31)27(19)4)15(29)22-9-11-5-7-12(21)8-6-11;1-5(2)7-6(3)4/h5-8,28H,9H2,1-4H3,(H,22,29)(H,24,30);5-7H,1-4H3. The second kappa shape index (κ2) is 13.1. The predicted octanol–water partition coefficient (Wildman–Crippen LogP) is 2.30. The lowest BCUT2D eigenvalue weighted by Crippen LogP contribution is -2.46. The highest BCUT2D eigenvalue weighted by Gasteiger charge is 2.32. The molecule has 0 atom stereocenters. The molecule has 1 aromatic carbocycles. The van der Waals surface area contributed by atoms with E-state index in [1.807, 2.05) is 0 Å². The van der Waals surface area contributed by atoms with Crippen LogP contribution in [0.1, 0.15) is 80.0 Å². The van der Waals surface area contributed by atoms with Gasteiger partial charge in [-0.3, -0.25) is 19.0 Å². The number of aromatic nitrogens is 4. The average molecular weight is 546 g/mol. The number of halogens is 1. The van der Waals surface area contributed by atoms with Crippen molar-refractivity contribution >= 4 is 11.8 Å². The molecule has 0 saturated carbocycles. The molecule has 212 valence electrons. The van der Waals surface area contributed by atoms with Crippen molar-refractivity contribution in [2.24, 2.45) is 7.05 Å². The molecule has 3 rings (SSSR count). The third kappa shape index (κ3) is 8.70. The number of carbonyl (C=O) groups excluding carboxylic acids is 2. The Hall–Kier alpha value is -4.13. The molecule has 0 saturated heterocycles. The molecule has 0 aliphatic carbocycles. The molecule has 0 bridgehead atoms.